The fraction of sp³-hybridized carbons (Fsp3) is 0.588. The summed E-state index contributed by atoms with van der Waals surface area (Å²) in [4.78, 5) is 11.9. The number of rotatable bonds is 4. The molecule has 1 aliphatic rings. The average Bonchev–Trinajstić information content (AvgIpc) is 2.38. The van der Waals surface area contributed by atoms with E-state index in [4.69, 9.17) is 0 Å². The highest BCUT2D eigenvalue weighted by atomic mass is 19.1. The lowest BCUT2D eigenvalue weighted by molar-refractivity contribution is -0.145. The molecule has 0 unspecified atom stereocenters. The molecule has 1 N–H and O–H groups in total. The maximum absolute atomic E-state index is 14.0. The molecule has 0 aliphatic heterocycles. The third-order valence-corrected chi connectivity index (χ3v) is 4.26. The van der Waals surface area contributed by atoms with Crippen LogP contribution in [0, 0.1) is 0 Å². The third kappa shape index (κ3) is 3.02. The molecule has 110 valence electrons. The van der Waals surface area contributed by atoms with Gasteiger partial charge in [0.05, 0.1) is 5.41 Å². The fourth-order valence-corrected chi connectivity index (χ4v) is 3.35. The lowest BCUT2D eigenvalue weighted by atomic mass is 9.67. The minimum atomic E-state index is -1.33. The summed E-state index contributed by atoms with van der Waals surface area (Å²) in [5, 5.41) is 9.77. The minimum Gasteiger partial charge on any atom is -0.481 e. The van der Waals surface area contributed by atoms with Crippen molar-refractivity contribution >= 4 is 5.97 Å². The molecule has 0 bridgehead atoms. The molecule has 0 atom stereocenters. The Morgan fingerprint density at radius 1 is 1.25 bits per heavy atom. The largest absolute Gasteiger partial charge is 0.481 e. The van der Waals surface area contributed by atoms with Crippen LogP contribution < -0.4 is 0 Å². The van der Waals surface area contributed by atoms with Crippen LogP contribution in [0.3, 0.4) is 0 Å². The van der Waals surface area contributed by atoms with Crippen LogP contribution in [0.1, 0.15) is 57.1 Å². The Labute approximate surface area is 120 Å². The highest BCUT2D eigenvalue weighted by Crippen LogP contribution is 2.42. The topological polar surface area (TPSA) is 37.3 Å². The molecule has 1 aromatic rings. The predicted octanol–water partition coefficient (Wildman–Crippen LogP) is 4.26. The van der Waals surface area contributed by atoms with Crippen LogP contribution in [0.15, 0.2) is 24.3 Å². The van der Waals surface area contributed by atoms with Crippen LogP contribution in [-0.2, 0) is 16.6 Å². The lowest BCUT2D eigenvalue weighted by Crippen LogP contribution is -2.39. The zero-order valence-corrected chi connectivity index (χ0v) is 12.3. The fourth-order valence-electron chi connectivity index (χ4n) is 3.35. The highest BCUT2D eigenvalue weighted by Gasteiger charge is 2.42. The van der Waals surface area contributed by atoms with Crippen molar-refractivity contribution in [3.8, 4) is 0 Å². The van der Waals surface area contributed by atoms with Crippen molar-refractivity contribution in [3.63, 3.8) is 0 Å². The molecule has 1 fully saturated rings. The maximum Gasteiger partial charge on any atom is 0.314 e. The Balaban J connectivity index is 2.46. The van der Waals surface area contributed by atoms with Crippen molar-refractivity contribution in [2.75, 3.05) is 0 Å². The van der Waals surface area contributed by atoms with Crippen molar-refractivity contribution < 1.29 is 14.3 Å². The zero-order valence-electron chi connectivity index (χ0n) is 12.3. The van der Waals surface area contributed by atoms with Gasteiger partial charge in [0.2, 0.25) is 0 Å². The van der Waals surface area contributed by atoms with Gasteiger partial charge in [0, 0.05) is 6.42 Å². The standard InChI is InChI=1S/C17H23FO2/c1-16(2,18)12-13-8-4-5-9-14(13)17(15(19)20)10-6-3-7-11-17/h4-5,8-9H,3,6-7,10-12H2,1-2H3,(H,19,20). The molecule has 0 heterocycles. The maximum atomic E-state index is 14.0. The Kier molecular flexibility index (Phi) is 4.17. The van der Waals surface area contributed by atoms with Gasteiger partial charge in [-0.3, -0.25) is 4.79 Å². The smallest absolute Gasteiger partial charge is 0.314 e. The first-order valence-electron chi connectivity index (χ1n) is 7.36. The van der Waals surface area contributed by atoms with E-state index in [0.29, 0.717) is 12.8 Å². The van der Waals surface area contributed by atoms with Gasteiger partial charge in [-0.2, -0.15) is 0 Å². The van der Waals surface area contributed by atoms with Gasteiger partial charge in [-0.15, -0.1) is 0 Å². The van der Waals surface area contributed by atoms with E-state index in [1.54, 1.807) is 0 Å². The van der Waals surface area contributed by atoms with Crippen molar-refractivity contribution in [2.24, 2.45) is 0 Å². The number of carboxylic acids is 1. The van der Waals surface area contributed by atoms with Gasteiger partial charge in [0.1, 0.15) is 5.67 Å². The van der Waals surface area contributed by atoms with E-state index in [1.165, 1.54) is 13.8 Å². The van der Waals surface area contributed by atoms with E-state index < -0.39 is 17.1 Å². The van der Waals surface area contributed by atoms with Crippen LogP contribution >= 0.6 is 0 Å². The molecule has 0 radical (unpaired) electrons. The second kappa shape index (κ2) is 5.55. The summed E-state index contributed by atoms with van der Waals surface area (Å²) in [5.74, 6) is -0.763. The third-order valence-electron chi connectivity index (χ3n) is 4.26. The number of hydrogen-bond donors (Lipinski definition) is 1. The second-order valence-corrected chi connectivity index (χ2v) is 6.50. The van der Waals surface area contributed by atoms with Gasteiger partial charge < -0.3 is 5.11 Å². The summed E-state index contributed by atoms with van der Waals surface area (Å²) in [7, 11) is 0. The molecule has 0 spiro atoms. The molecule has 1 aromatic carbocycles. The van der Waals surface area contributed by atoms with Crippen LogP contribution in [0.5, 0.6) is 0 Å². The first-order valence-corrected chi connectivity index (χ1v) is 7.36. The molecule has 1 saturated carbocycles. The lowest BCUT2D eigenvalue weighted by Gasteiger charge is -2.35. The first kappa shape index (κ1) is 15.0. The average molecular weight is 278 g/mol. The second-order valence-electron chi connectivity index (χ2n) is 6.50. The van der Waals surface area contributed by atoms with Crippen LogP contribution in [-0.4, -0.2) is 16.7 Å². The summed E-state index contributed by atoms with van der Waals surface area (Å²) in [5.41, 5.74) is -0.493. The van der Waals surface area contributed by atoms with Crippen molar-refractivity contribution in [1.29, 1.82) is 0 Å². The quantitative estimate of drug-likeness (QED) is 0.893. The molecule has 2 nitrogen and oxygen atoms in total. The summed E-state index contributed by atoms with van der Waals surface area (Å²) in [6.07, 6.45) is 4.53. The van der Waals surface area contributed by atoms with Crippen molar-refractivity contribution in [2.45, 2.75) is 63.5 Å². The Bertz CT molecular complexity index is 482. The van der Waals surface area contributed by atoms with Crippen LogP contribution in [0.25, 0.3) is 0 Å². The molecule has 3 heteroatoms. The van der Waals surface area contributed by atoms with Gasteiger partial charge in [-0.25, -0.2) is 4.39 Å². The van der Waals surface area contributed by atoms with E-state index in [0.717, 1.165) is 30.4 Å². The molecule has 0 saturated heterocycles. The summed E-state index contributed by atoms with van der Waals surface area (Å²) >= 11 is 0. The number of benzene rings is 1. The van der Waals surface area contributed by atoms with E-state index in [2.05, 4.69) is 0 Å². The van der Waals surface area contributed by atoms with Crippen LogP contribution in [0.2, 0.25) is 0 Å². The van der Waals surface area contributed by atoms with E-state index in [1.807, 2.05) is 24.3 Å². The van der Waals surface area contributed by atoms with E-state index >= 15 is 0 Å². The molecule has 1 aliphatic carbocycles. The number of hydrogen-bond acceptors (Lipinski definition) is 1. The minimum absolute atomic E-state index is 0.262. The molecule has 20 heavy (non-hydrogen) atoms. The normalized spacial score (nSPS) is 18.8. The monoisotopic (exact) mass is 278 g/mol. The SMILES string of the molecule is CC(C)(F)Cc1ccccc1C1(C(=O)O)CCCCC1. The number of alkyl halides is 1. The highest BCUT2D eigenvalue weighted by molar-refractivity contribution is 5.82. The van der Waals surface area contributed by atoms with Gasteiger partial charge in [-0.1, -0.05) is 43.5 Å². The molecular weight excluding hydrogens is 255 g/mol. The van der Waals surface area contributed by atoms with E-state index in [9.17, 15) is 14.3 Å². The number of halogens is 1. The number of carbonyl (C=O) groups is 1. The molecule has 0 aromatic heterocycles. The Morgan fingerprint density at radius 3 is 2.40 bits per heavy atom. The van der Waals surface area contributed by atoms with Crippen molar-refractivity contribution in [3.05, 3.63) is 35.4 Å². The van der Waals surface area contributed by atoms with E-state index in [-0.39, 0.29) is 6.42 Å². The molecular formula is C17H23FO2. The predicted molar refractivity (Wildman–Crippen MR) is 77.7 cm³/mol. The summed E-state index contributed by atoms with van der Waals surface area (Å²) in [6.45, 7) is 3.08. The van der Waals surface area contributed by atoms with Gasteiger partial charge in [0.25, 0.3) is 0 Å². The summed E-state index contributed by atoms with van der Waals surface area (Å²) < 4.78 is 14.0. The Hall–Kier alpha value is -1.38. The van der Waals surface area contributed by atoms with Crippen LogP contribution in [0.4, 0.5) is 4.39 Å². The van der Waals surface area contributed by atoms with Crippen molar-refractivity contribution in [1.82, 2.24) is 0 Å². The van der Waals surface area contributed by atoms with Gasteiger partial charge in [-0.05, 0) is 37.8 Å². The van der Waals surface area contributed by atoms with Gasteiger partial charge in [0.15, 0.2) is 0 Å². The number of carboxylic acid groups (broad SMARTS) is 1. The zero-order chi connectivity index (χ0) is 14.8. The molecule has 0 amide bonds. The summed E-state index contributed by atoms with van der Waals surface area (Å²) in [6, 6.07) is 7.47. The Morgan fingerprint density at radius 2 is 1.85 bits per heavy atom. The first-order chi connectivity index (χ1) is 9.35. The number of aliphatic carboxylic acids is 1. The van der Waals surface area contributed by atoms with Gasteiger partial charge >= 0.3 is 5.97 Å². The molecule has 2 rings (SSSR count).